The first-order valence-electron chi connectivity index (χ1n) is 13.3. The predicted octanol–water partition coefficient (Wildman–Crippen LogP) is 2.57. The van der Waals surface area contributed by atoms with Gasteiger partial charge in [-0.25, -0.2) is 0 Å². The lowest BCUT2D eigenvalue weighted by Gasteiger charge is -2.38. The molecule has 9 nitrogen and oxygen atoms in total. The fourth-order valence-electron chi connectivity index (χ4n) is 5.63. The van der Waals surface area contributed by atoms with E-state index in [2.05, 4.69) is 37.7 Å². The van der Waals surface area contributed by atoms with E-state index in [-0.39, 0.29) is 24.0 Å². The SMILES string of the molecule is Cn1ncc(-c2cc3cc(C4OCC4NC(=O)C4CCNCC4)ncc3cn2)c1CN1CCCCC1. The number of piperidine rings is 2. The predicted molar refractivity (Wildman–Crippen MR) is 137 cm³/mol. The first-order chi connectivity index (χ1) is 17.7. The highest BCUT2D eigenvalue weighted by molar-refractivity contribution is 5.85. The molecular weight excluding hydrogens is 454 g/mol. The number of nitrogens with zero attached hydrogens (tertiary/aromatic N) is 5. The zero-order valence-electron chi connectivity index (χ0n) is 20.9. The van der Waals surface area contributed by atoms with Gasteiger partial charge in [0.1, 0.15) is 6.10 Å². The largest absolute Gasteiger partial charge is 0.367 e. The summed E-state index contributed by atoms with van der Waals surface area (Å²) in [7, 11) is 2.01. The number of fused-ring (bicyclic) bond motifs is 1. The Balaban J connectivity index is 1.21. The maximum Gasteiger partial charge on any atom is 0.223 e. The van der Waals surface area contributed by atoms with E-state index in [1.54, 1.807) is 0 Å². The van der Waals surface area contributed by atoms with E-state index in [4.69, 9.17) is 9.72 Å². The van der Waals surface area contributed by atoms with Crippen LogP contribution in [0.4, 0.5) is 0 Å². The molecule has 0 saturated carbocycles. The average molecular weight is 490 g/mol. The number of hydrogen-bond acceptors (Lipinski definition) is 7. The second-order valence-electron chi connectivity index (χ2n) is 10.4. The minimum atomic E-state index is -0.218. The third-order valence-electron chi connectivity index (χ3n) is 7.93. The summed E-state index contributed by atoms with van der Waals surface area (Å²) in [6.45, 7) is 5.51. The van der Waals surface area contributed by atoms with Gasteiger partial charge in [-0.05, 0) is 69.4 Å². The van der Waals surface area contributed by atoms with Crippen molar-refractivity contribution < 1.29 is 9.53 Å². The number of nitrogens with one attached hydrogen (secondary N) is 2. The molecule has 3 aliphatic rings. The van der Waals surface area contributed by atoms with Gasteiger partial charge in [-0.15, -0.1) is 0 Å². The maximum atomic E-state index is 12.7. The van der Waals surface area contributed by atoms with E-state index in [1.807, 2.05) is 30.3 Å². The summed E-state index contributed by atoms with van der Waals surface area (Å²) in [5.41, 5.74) is 4.04. The quantitative estimate of drug-likeness (QED) is 0.549. The number of carbonyl (C=O) groups is 1. The Morgan fingerprint density at radius 3 is 2.67 bits per heavy atom. The molecule has 2 unspecified atom stereocenters. The van der Waals surface area contributed by atoms with Crippen LogP contribution in [0.15, 0.2) is 30.7 Å². The number of pyridine rings is 2. The molecular formula is C27H35N7O2. The Labute approximate surface area is 211 Å². The Hall–Kier alpha value is -2.88. The van der Waals surface area contributed by atoms with Crippen LogP contribution < -0.4 is 10.6 Å². The van der Waals surface area contributed by atoms with E-state index < -0.39 is 0 Å². The summed E-state index contributed by atoms with van der Waals surface area (Å²) in [6, 6.07) is 4.17. The minimum absolute atomic E-state index is 0.0342. The number of aryl methyl sites for hydroxylation is 1. The van der Waals surface area contributed by atoms with Gasteiger partial charge in [-0.1, -0.05) is 6.42 Å². The fourth-order valence-corrected chi connectivity index (χ4v) is 5.63. The van der Waals surface area contributed by atoms with E-state index in [0.29, 0.717) is 6.61 Å². The fraction of sp³-hybridized carbons (Fsp3) is 0.556. The van der Waals surface area contributed by atoms with Crippen LogP contribution in [0.5, 0.6) is 0 Å². The number of ether oxygens (including phenoxy) is 1. The molecule has 3 fully saturated rings. The monoisotopic (exact) mass is 489 g/mol. The lowest BCUT2D eigenvalue weighted by Crippen LogP contribution is -2.53. The van der Waals surface area contributed by atoms with Crippen LogP contribution in [0.25, 0.3) is 22.0 Å². The third-order valence-corrected chi connectivity index (χ3v) is 7.93. The van der Waals surface area contributed by atoms with Crippen LogP contribution in [0, 0.1) is 5.92 Å². The van der Waals surface area contributed by atoms with Crippen molar-refractivity contribution in [1.82, 2.24) is 35.3 Å². The molecule has 1 amide bonds. The van der Waals surface area contributed by atoms with Crippen LogP contribution in [0.3, 0.4) is 0 Å². The number of carbonyl (C=O) groups excluding carboxylic acids is 1. The first kappa shape index (κ1) is 23.5. The van der Waals surface area contributed by atoms with Gasteiger partial charge in [0.25, 0.3) is 0 Å². The van der Waals surface area contributed by atoms with Crippen molar-refractivity contribution in [2.75, 3.05) is 32.8 Å². The number of rotatable bonds is 6. The molecule has 3 saturated heterocycles. The smallest absolute Gasteiger partial charge is 0.223 e. The molecule has 0 spiro atoms. The molecule has 0 bridgehead atoms. The Kier molecular flexibility index (Phi) is 6.69. The number of likely N-dealkylation sites (tertiary alicyclic amines) is 1. The van der Waals surface area contributed by atoms with Crippen LogP contribution in [-0.4, -0.2) is 69.4 Å². The van der Waals surface area contributed by atoms with Gasteiger partial charge >= 0.3 is 0 Å². The molecule has 190 valence electrons. The molecule has 3 aromatic rings. The summed E-state index contributed by atoms with van der Waals surface area (Å²) in [5, 5.41) is 13.1. The Bertz CT molecular complexity index is 1230. The van der Waals surface area contributed by atoms with Gasteiger partial charge in [0, 0.05) is 42.9 Å². The Morgan fingerprint density at radius 1 is 1.08 bits per heavy atom. The summed E-state index contributed by atoms with van der Waals surface area (Å²) < 4.78 is 7.84. The second-order valence-corrected chi connectivity index (χ2v) is 10.4. The van der Waals surface area contributed by atoms with Crippen molar-refractivity contribution in [3.05, 3.63) is 42.1 Å². The summed E-state index contributed by atoms with van der Waals surface area (Å²) in [6.07, 6.45) is 11.1. The molecule has 3 aliphatic heterocycles. The van der Waals surface area contributed by atoms with Crippen molar-refractivity contribution in [2.45, 2.75) is 50.8 Å². The molecule has 0 radical (unpaired) electrons. The van der Waals surface area contributed by atoms with E-state index in [9.17, 15) is 4.79 Å². The van der Waals surface area contributed by atoms with Gasteiger partial charge in [0.2, 0.25) is 5.91 Å². The third kappa shape index (κ3) is 4.75. The number of hydrogen-bond donors (Lipinski definition) is 2. The van der Waals surface area contributed by atoms with Crippen molar-refractivity contribution in [3.63, 3.8) is 0 Å². The van der Waals surface area contributed by atoms with Gasteiger partial charge in [-0.2, -0.15) is 5.10 Å². The molecule has 6 heterocycles. The first-order valence-corrected chi connectivity index (χ1v) is 13.3. The van der Waals surface area contributed by atoms with Crippen molar-refractivity contribution >= 4 is 16.7 Å². The topological polar surface area (TPSA) is 97.2 Å². The van der Waals surface area contributed by atoms with Gasteiger partial charge in [-0.3, -0.25) is 24.3 Å². The van der Waals surface area contributed by atoms with Crippen LogP contribution in [-0.2, 0) is 23.1 Å². The summed E-state index contributed by atoms with van der Waals surface area (Å²) >= 11 is 0. The lowest BCUT2D eigenvalue weighted by molar-refractivity contribution is -0.137. The standard InChI is InChI=1S/C27H35N7O2/c1-33-25(16-34-9-3-2-4-10-34)21(15-31-33)22-11-19-12-23(30-14-20(19)13-29-22)26-24(17-36-26)32-27(35)18-5-7-28-8-6-18/h11-15,18,24,26,28H,2-10,16-17H2,1H3,(H,32,35). The lowest BCUT2D eigenvalue weighted by atomic mass is 9.95. The zero-order chi connectivity index (χ0) is 24.5. The van der Waals surface area contributed by atoms with E-state index in [0.717, 1.165) is 73.3 Å². The number of amides is 1. The molecule has 2 N–H and O–H groups in total. The average Bonchev–Trinajstić information content (AvgIpc) is 3.27. The number of aromatic nitrogens is 4. The van der Waals surface area contributed by atoms with Gasteiger partial charge < -0.3 is 15.4 Å². The van der Waals surface area contributed by atoms with Crippen molar-refractivity contribution in [2.24, 2.45) is 13.0 Å². The van der Waals surface area contributed by atoms with Crippen LogP contribution in [0.1, 0.15) is 49.6 Å². The van der Waals surface area contributed by atoms with E-state index in [1.165, 1.54) is 25.0 Å². The highest BCUT2D eigenvalue weighted by Gasteiger charge is 2.37. The molecule has 0 aliphatic carbocycles. The van der Waals surface area contributed by atoms with E-state index >= 15 is 0 Å². The van der Waals surface area contributed by atoms with Crippen molar-refractivity contribution in [3.8, 4) is 11.3 Å². The van der Waals surface area contributed by atoms with Crippen LogP contribution >= 0.6 is 0 Å². The summed E-state index contributed by atoms with van der Waals surface area (Å²) in [5.74, 6) is 0.226. The molecule has 36 heavy (non-hydrogen) atoms. The highest BCUT2D eigenvalue weighted by Crippen LogP contribution is 2.32. The molecule has 2 atom stereocenters. The minimum Gasteiger partial charge on any atom is -0.367 e. The molecule has 0 aromatic carbocycles. The van der Waals surface area contributed by atoms with Gasteiger partial charge in [0.15, 0.2) is 0 Å². The Morgan fingerprint density at radius 2 is 1.89 bits per heavy atom. The summed E-state index contributed by atoms with van der Waals surface area (Å²) in [4.78, 5) is 24.7. The zero-order valence-corrected chi connectivity index (χ0v) is 20.9. The molecule has 3 aromatic heterocycles. The normalized spacial score (nSPS) is 23.5. The highest BCUT2D eigenvalue weighted by atomic mass is 16.5. The van der Waals surface area contributed by atoms with Crippen molar-refractivity contribution in [1.29, 1.82) is 0 Å². The maximum absolute atomic E-state index is 12.7. The van der Waals surface area contributed by atoms with Crippen LogP contribution in [0.2, 0.25) is 0 Å². The molecule has 9 heteroatoms. The van der Waals surface area contributed by atoms with Gasteiger partial charge in [0.05, 0.1) is 35.9 Å². The second kappa shape index (κ2) is 10.2. The molecule has 6 rings (SSSR count).